The van der Waals surface area contributed by atoms with Crippen molar-refractivity contribution in [2.24, 2.45) is 5.92 Å². The zero-order chi connectivity index (χ0) is 12.3. The number of thioether (sulfide) groups is 1. The Morgan fingerprint density at radius 1 is 1.41 bits per heavy atom. The molecule has 2 unspecified atom stereocenters. The van der Waals surface area contributed by atoms with E-state index in [-0.39, 0.29) is 0 Å². The maximum Gasteiger partial charge on any atom is 0.0359 e. The minimum absolute atomic E-state index is 0.551. The predicted molar refractivity (Wildman–Crippen MR) is 77.8 cm³/mol. The molecule has 1 saturated heterocycles. The first-order valence-electron chi connectivity index (χ1n) is 6.61. The second-order valence-corrected chi connectivity index (χ2v) is 6.10. The van der Waals surface area contributed by atoms with E-state index < -0.39 is 0 Å². The van der Waals surface area contributed by atoms with Crippen LogP contribution in [-0.2, 0) is 0 Å². The van der Waals surface area contributed by atoms with E-state index in [0.29, 0.717) is 6.04 Å². The van der Waals surface area contributed by atoms with Gasteiger partial charge < -0.3 is 5.32 Å². The summed E-state index contributed by atoms with van der Waals surface area (Å²) in [4.78, 5) is 0. The van der Waals surface area contributed by atoms with Crippen molar-refractivity contribution in [3.8, 4) is 0 Å². The molecular formula is C15H23NS. The van der Waals surface area contributed by atoms with E-state index in [1.165, 1.54) is 34.6 Å². The lowest BCUT2D eigenvalue weighted by Crippen LogP contribution is -2.29. The number of hydrogen-bond donors (Lipinski definition) is 1. The van der Waals surface area contributed by atoms with Gasteiger partial charge in [0.05, 0.1) is 0 Å². The number of hydrogen-bond acceptors (Lipinski definition) is 2. The molecule has 2 heteroatoms. The third-order valence-electron chi connectivity index (χ3n) is 3.84. The first kappa shape index (κ1) is 13.0. The van der Waals surface area contributed by atoms with Gasteiger partial charge in [-0.15, -0.1) is 0 Å². The van der Waals surface area contributed by atoms with Gasteiger partial charge in [-0.2, -0.15) is 11.8 Å². The normalized spacial score (nSPS) is 21.7. The number of aryl methyl sites for hydroxylation is 1. The van der Waals surface area contributed by atoms with Crippen molar-refractivity contribution in [3.63, 3.8) is 0 Å². The van der Waals surface area contributed by atoms with Gasteiger partial charge in [-0.25, -0.2) is 0 Å². The van der Waals surface area contributed by atoms with Crippen molar-refractivity contribution >= 4 is 11.8 Å². The molecule has 1 N–H and O–H groups in total. The maximum absolute atomic E-state index is 3.70. The molecule has 0 bridgehead atoms. The van der Waals surface area contributed by atoms with E-state index in [0.717, 1.165) is 12.5 Å². The molecule has 17 heavy (non-hydrogen) atoms. The second kappa shape index (κ2) is 5.92. The Hall–Kier alpha value is -0.470. The summed E-state index contributed by atoms with van der Waals surface area (Å²) in [7, 11) is 0. The molecule has 0 saturated carbocycles. The predicted octanol–water partition coefficient (Wildman–Crippen LogP) is 3.71. The maximum atomic E-state index is 3.70. The van der Waals surface area contributed by atoms with Gasteiger partial charge in [-0.1, -0.05) is 25.1 Å². The van der Waals surface area contributed by atoms with Crippen LogP contribution in [0.25, 0.3) is 0 Å². The van der Waals surface area contributed by atoms with Crippen molar-refractivity contribution in [1.29, 1.82) is 0 Å². The fraction of sp³-hybridized carbons (Fsp3) is 0.600. The summed E-state index contributed by atoms with van der Waals surface area (Å²) in [6, 6.07) is 7.27. The van der Waals surface area contributed by atoms with Crippen LogP contribution >= 0.6 is 11.8 Å². The largest absolute Gasteiger partial charge is 0.310 e. The van der Waals surface area contributed by atoms with Gasteiger partial charge in [0, 0.05) is 6.04 Å². The monoisotopic (exact) mass is 249 g/mol. The van der Waals surface area contributed by atoms with E-state index in [4.69, 9.17) is 0 Å². The van der Waals surface area contributed by atoms with Gasteiger partial charge in [0.1, 0.15) is 0 Å². The van der Waals surface area contributed by atoms with Crippen LogP contribution in [0.5, 0.6) is 0 Å². The van der Waals surface area contributed by atoms with Crippen LogP contribution in [-0.4, -0.2) is 18.1 Å². The highest BCUT2D eigenvalue weighted by Crippen LogP contribution is 2.35. The van der Waals surface area contributed by atoms with Crippen LogP contribution in [0.15, 0.2) is 18.2 Å². The molecule has 2 atom stereocenters. The third kappa shape index (κ3) is 2.86. The zero-order valence-corrected chi connectivity index (χ0v) is 11.9. The third-order valence-corrected chi connectivity index (χ3v) is 5.03. The Morgan fingerprint density at radius 3 is 2.88 bits per heavy atom. The van der Waals surface area contributed by atoms with Crippen LogP contribution in [0.2, 0.25) is 0 Å². The number of nitrogens with one attached hydrogen (secondary N) is 1. The first-order chi connectivity index (χ1) is 8.24. The van der Waals surface area contributed by atoms with Gasteiger partial charge in [0.2, 0.25) is 0 Å². The van der Waals surface area contributed by atoms with E-state index in [2.05, 4.69) is 56.0 Å². The SMILES string of the molecule is CCNC(c1cccc(C)c1C)C1CCSC1. The van der Waals surface area contributed by atoms with Gasteiger partial charge in [0.15, 0.2) is 0 Å². The molecule has 1 heterocycles. The van der Waals surface area contributed by atoms with Crippen molar-refractivity contribution < 1.29 is 0 Å². The molecule has 1 aromatic carbocycles. The molecule has 94 valence electrons. The minimum atomic E-state index is 0.551. The summed E-state index contributed by atoms with van der Waals surface area (Å²) >= 11 is 2.10. The molecular weight excluding hydrogens is 226 g/mol. The average molecular weight is 249 g/mol. The lowest BCUT2D eigenvalue weighted by atomic mass is 9.88. The van der Waals surface area contributed by atoms with E-state index in [9.17, 15) is 0 Å². The zero-order valence-electron chi connectivity index (χ0n) is 11.1. The highest BCUT2D eigenvalue weighted by molar-refractivity contribution is 7.99. The highest BCUT2D eigenvalue weighted by Gasteiger charge is 2.27. The fourth-order valence-corrected chi connectivity index (χ4v) is 3.97. The van der Waals surface area contributed by atoms with Crippen LogP contribution in [0, 0.1) is 19.8 Å². The number of benzene rings is 1. The molecule has 0 spiro atoms. The fourth-order valence-electron chi connectivity index (χ4n) is 2.68. The highest BCUT2D eigenvalue weighted by atomic mass is 32.2. The van der Waals surface area contributed by atoms with Crippen molar-refractivity contribution in [3.05, 3.63) is 34.9 Å². The molecule has 1 fully saturated rings. The lowest BCUT2D eigenvalue weighted by Gasteiger charge is -2.26. The van der Waals surface area contributed by atoms with E-state index in [1.807, 2.05) is 0 Å². The van der Waals surface area contributed by atoms with Crippen LogP contribution < -0.4 is 5.32 Å². The number of rotatable bonds is 4. The van der Waals surface area contributed by atoms with E-state index in [1.54, 1.807) is 0 Å². The van der Waals surface area contributed by atoms with Crippen molar-refractivity contribution in [2.75, 3.05) is 18.1 Å². The topological polar surface area (TPSA) is 12.0 Å². The summed E-state index contributed by atoms with van der Waals surface area (Å²) < 4.78 is 0. The summed E-state index contributed by atoms with van der Waals surface area (Å²) in [5.74, 6) is 3.45. The molecule has 2 rings (SSSR count). The molecule has 0 aliphatic carbocycles. The quantitative estimate of drug-likeness (QED) is 0.873. The summed E-state index contributed by atoms with van der Waals surface area (Å²) in [6.45, 7) is 7.74. The minimum Gasteiger partial charge on any atom is -0.310 e. The summed E-state index contributed by atoms with van der Waals surface area (Å²) in [5, 5.41) is 3.70. The first-order valence-corrected chi connectivity index (χ1v) is 7.76. The smallest absolute Gasteiger partial charge is 0.0359 e. The van der Waals surface area contributed by atoms with E-state index >= 15 is 0 Å². The Morgan fingerprint density at radius 2 is 2.24 bits per heavy atom. The average Bonchev–Trinajstić information content (AvgIpc) is 2.84. The Bertz CT molecular complexity index is 369. The molecule has 0 aromatic heterocycles. The van der Waals surface area contributed by atoms with Crippen molar-refractivity contribution in [1.82, 2.24) is 5.32 Å². The molecule has 1 nitrogen and oxygen atoms in total. The Labute approximate surface area is 109 Å². The molecule has 0 radical (unpaired) electrons. The molecule has 1 aromatic rings. The Kier molecular flexibility index (Phi) is 4.52. The second-order valence-electron chi connectivity index (χ2n) is 4.95. The summed E-state index contributed by atoms with van der Waals surface area (Å²) in [5.41, 5.74) is 4.39. The molecule has 0 amide bonds. The van der Waals surface area contributed by atoms with Crippen LogP contribution in [0.1, 0.15) is 36.1 Å². The summed E-state index contributed by atoms with van der Waals surface area (Å²) in [6.07, 6.45) is 1.36. The molecule has 1 aliphatic heterocycles. The lowest BCUT2D eigenvalue weighted by molar-refractivity contribution is 0.400. The Balaban J connectivity index is 2.27. The van der Waals surface area contributed by atoms with Gasteiger partial charge in [-0.3, -0.25) is 0 Å². The standard InChI is InChI=1S/C15H23NS/c1-4-16-15(13-8-9-17-10-13)14-7-5-6-11(2)12(14)3/h5-7,13,15-16H,4,8-10H2,1-3H3. The molecule has 1 aliphatic rings. The van der Waals surface area contributed by atoms with Gasteiger partial charge in [-0.05, 0) is 60.9 Å². The van der Waals surface area contributed by atoms with Crippen molar-refractivity contribution in [2.45, 2.75) is 33.2 Å². The van der Waals surface area contributed by atoms with Gasteiger partial charge in [0.25, 0.3) is 0 Å². The van der Waals surface area contributed by atoms with Gasteiger partial charge >= 0.3 is 0 Å². The van der Waals surface area contributed by atoms with Crippen LogP contribution in [0.3, 0.4) is 0 Å². The van der Waals surface area contributed by atoms with Crippen LogP contribution in [0.4, 0.5) is 0 Å².